The quantitative estimate of drug-likeness (QED) is 0.662. The van der Waals surface area contributed by atoms with E-state index < -0.39 is 5.91 Å². The van der Waals surface area contributed by atoms with E-state index in [9.17, 15) is 9.59 Å². The summed E-state index contributed by atoms with van der Waals surface area (Å²) in [5, 5.41) is 9.07. The van der Waals surface area contributed by atoms with E-state index in [-0.39, 0.29) is 23.0 Å². The fourth-order valence-electron chi connectivity index (χ4n) is 1.90. The highest BCUT2D eigenvalue weighted by atomic mass is 16.5. The SMILES string of the molecule is COc1n[nH]c(NC(=O)c2c[nH]c3ccccc3c2=O)n1. The Bertz CT molecular complexity index is 867. The van der Waals surface area contributed by atoms with E-state index >= 15 is 0 Å². The van der Waals surface area contributed by atoms with Gasteiger partial charge >= 0.3 is 6.01 Å². The Hall–Kier alpha value is -3.16. The van der Waals surface area contributed by atoms with Crippen LogP contribution in [0.1, 0.15) is 10.4 Å². The minimum Gasteiger partial charge on any atom is -0.466 e. The van der Waals surface area contributed by atoms with Crippen LogP contribution in [0.2, 0.25) is 0 Å². The molecule has 8 heteroatoms. The van der Waals surface area contributed by atoms with Crippen molar-refractivity contribution in [2.45, 2.75) is 0 Å². The number of fused-ring (bicyclic) bond motifs is 1. The normalized spacial score (nSPS) is 10.5. The molecule has 0 aliphatic rings. The Morgan fingerprint density at radius 1 is 1.33 bits per heavy atom. The van der Waals surface area contributed by atoms with Crippen LogP contribution >= 0.6 is 0 Å². The first kappa shape index (κ1) is 12.9. The maximum Gasteiger partial charge on any atom is 0.336 e. The summed E-state index contributed by atoms with van der Waals surface area (Å²) in [6.45, 7) is 0. The van der Waals surface area contributed by atoms with Crippen molar-refractivity contribution in [3.8, 4) is 6.01 Å². The summed E-state index contributed by atoms with van der Waals surface area (Å²) in [6, 6.07) is 7.05. The van der Waals surface area contributed by atoms with Crippen molar-refractivity contribution in [3.63, 3.8) is 0 Å². The van der Waals surface area contributed by atoms with E-state index in [1.165, 1.54) is 13.3 Å². The number of H-pyrrole nitrogens is 2. The molecule has 0 saturated carbocycles. The smallest absolute Gasteiger partial charge is 0.336 e. The summed E-state index contributed by atoms with van der Waals surface area (Å²) in [5.74, 6) is -0.481. The minimum absolute atomic E-state index is 0.0101. The number of pyridine rings is 1. The maximum atomic E-state index is 12.3. The number of carbonyl (C=O) groups is 1. The zero-order valence-electron chi connectivity index (χ0n) is 11.0. The Labute approximate surface area is 118 Å². The van der Waals surface area contributed by atoms with Gasteiger partial charge in [0.1, 0.15) is 5.56 Å². The molecule has 0 spiro atoms. The number of hydrogen-bond acceptors (Lipinski definition) is 5. The van der Waals surface area contributed by atoms with Gasteiger partial charge in [-0.2, -0.15) is 4.98 Å². The largest absolute Gasteiger partial charge is 0.466 e. The van der Waals surface area contributed by atoms with Gasteiger partial charge in [-0.15, -0.1) is 5.10 Å². The Kier molecular flexibility index (Phi) is 3.11. The third-order valence-electron chi connectivity index (χ3n) is 2.91. The number of rotatable bonds is 3. The van der Waals surface area contributed by atoms with Crippen molar-refractivity contribution >= 4 is 22.8 Å². The maximum absolute atomic E-state index is 12.3. The molecule has 1 aromatic carbocycles. The van der Waals surface area contributed by atoms with Gasteiger partial charge in [0.25, 0.3) is 5.91 Å². The fraction of sp³-hybridized carbons (Fsp3) is 0.0769. The highest BCUT2D eigenvalue weighted by Gasteiger charge is 2.14. The van der Waals surface area contributed by atoms with Gasteiger partial charge in [-0.1, -0.05) is 12.1 Å². The molecule has 2 heterocycles. The number of aromatic nitrogens is 4. The standard InChI is InChI=1S/C13H11N5O3/c1-21-13-16-12(17-18-13)15-11(20)8-6-14-9-5-3-2-4-7(9)10(8)19/h2-6H,1H3,(H,14,19)(H2,15,16,17,18,20). The summed E-state index contributed by atoms with van der Waals surface area (Å²) < 4.78 is 4.79. The molecule has 2 aromatic heterocycles. The van der Waals surface area contributed by atoms with E-state index in [0.717, 1.165) is 0 Å². The molecule has 0 fully saturated rings. The first-order valence-electron chi connectivity index (χ1n) is 6.07. The first-order chi connectivity index (χ1) is 10.2. The van der Waals surface area contributed by atoms with Gasteiger partial charge in [0, 0.05) is 17.1 Å². The van der Waals surface area contributed by atoms with Crippen LogP contribution in [0.5, 0.6) is 6.01 Å². The molecule has 0 atom stereocenters. The number of nitrogens with zero attached hydrogens (tertiary/aromatic N) is 2. The summed E-state index contributed by atoms with van der Waals surface area (Å²) in [5.41, 5.74) is 0.304. The summed E-state index contributed by atoms with van der Waals surface area (Å²) in [6.07, 6.45) is 1.37. The Morgan fingerprint density at radius 3 is 2.90 bits per heavy atom. The van der Waals surface area contributed by atoms with Gasteiger partial charge in [-0.25, -0.2) is 5.10 Å². The van der Waals surface area contributed by atoms with E-state index in [2.05, 4.69) is 25.5 Å². The number of amides is 1. The highest BCUT2D eigenvalue weighted by molar-refractivity contribution is 6.04. The van der Waals surface area contributed by atoms with Crippen LogP contribution < -0.4 is 15.5 Å². The monoisotopic (exact) mass is 285 g/mol. The highest BCUT2D eigenvalue weighted by Crippen LogP contribution is 2.09. The van der Waals surface area contributed by atoms with Crippen molar-refractivity contribution in [1.29, 1.82) is 0 Å². The van der Waals surface area contributed by atoms with E-state index in [1.807, 2.05) is 0 Å². The van der Waals surface area contributed by atoms with Crippen LogP contribution in [0.3, 0.4) is 0 Å². The topological polar surface area (TPSA) is 113 Å². The number of ether oxygens (including phenoxy) is 1. The van der Waals surface area contributed by atoms with Gasteiger partial charge in [0.05, 0.1) is 7.11 Å². The molecular formula is C13H11N5O3. The van der Waals surface area contributed by atoms with Crippen LogP contribution in [0.25, 0.3) is 10.9 Å². The lowest BCUT2D eigenvalue weighted by Crippen LogP contribution is -2.22. The van der Waals surface area contributed by atoms with E-state index in [4.69, 9.17) is 4.74 Å². The molecule has 0 radical (unpaired) electrons. The molecule has 3 aromatic rings. The third kappa shape index (κ3) is 2.34. The van der Waals surface area contributed by atoms with E-state index in [0.29, 0.717) is 10.9 Å². The second kappa shape index (κ2) is 5.08. The zero-order chi connectivity index (χ0) is 14.8. The fourth-order valence-corrected chi connectivity index (χ4v) is 1.90. The summed E-state index contributed by atoms with van der Waals surface area (Å²) in [7, 11) is 1.41. The summed E-state index contributed by atoms with van der Waals surface area (Å²) >= 11 is 0. The minimum atomic E-state index is -0.583. The van der Waals surface area contributed by atoms with Crippen LogP contribution in [0.15, 0.2) is 35.3 Å². The molecule has 0 aliphatic heterocycles. The molecule has 3 rings (SSSR count). The van der Waals surface area contributed by atoms with Gasteiger partial charge in [0.2, 0.25) is 11.4 Å². The zero-order valence-corrected chi connectivity index (χ0v) is 11.0. The van der Waals surface area contributed by atoms with Crippen LogP contribution in [0, 0.1) is 0 Å². The van der Waals surface area contributed by atoms with Crippen molar-refractivity contribution < 1.29 is 9.53 Å². The van der Waals surface area contributed by atoms with Crippen LogP contribution in [-0.4, -0.2) is 33.2 Å². The number of para-hydroxylation sites is 1. The van der Waals surface area contributed by atoms with E-state index in [1.54, 1.807) is 24.3 Å². The van der Waals surface area contributed by atoms with Gasteiger partial charge < -0.3 is 9.72 Å². The lowest BCUT2D eigenvalue weighted by Gasteiger charge is -2.03. The second-order valence-corrected chi connectivity index (χ2v) is 4.20. The van der Waals surface area contributed by atoms with Crippen molar-refractivity contribution in [3.05, 3.63) is 46.2 Å². The van der Waals surface area contributed by atoms with Gasteiger partial charge in [0.15, 0.2) is 0 Å². The number of methoxy groups -OCH3 is 1. The van der Waals surface area contributed by atoms with Gasteiger partial charge in [-0.05, 0) is 12.1 Å². The number of hydrogen-bond donors (Lipinski definition) is 3. The average molecular weight is 285 g/mol. The summed E-state index contributed by atoms with van der Waals surface area (Å²) in [4.78, 5) is 31.2. The molecule has 0 aliphatic carbocycles. The molecule has 8 nitrogen and oxygen atoms in total. The first-order valence-corrected chi connectivity index (χ1v) is 6.07. The van der Waals surface area contributed by atoms with Crippen molar-refractivity contribution in [2.24, 2.45) is 0 Å². The van der Waals surface area contributed by atoms with Crippen molar-refractivity contribution in [1.82, 2.24) is 20.2 Å². The van der Waals surface area contributed by atoms with Crippen molar-refractivity contribution in [2.75, 3.05) is 12.4 Å². The molecular weight excluding hydrogens is 274 g/mol. The Morgan fingerprint density at radius 2 is 2.14 bits per heavy atom. The number of carbonyl (C=O) groups excluding carboxylic acids is 1. The molecule has 21 heavy (non-hydrogen) atoms. The lowest BCUT2D eigenvalue weighted by molar-refractivity contribution is 0.102. The van der Waals surface area contributed by atoms with Crippen LogP contribution in [0.4, 0.5) is 5.95 Å². The predicted octanol–water partition coefficient (Wildman–Crippen LogP) is 0.907. The molecule has 106 valence electrons. The second-order valence-electron chi connectivity index (χ2n) is 4.20. The molecule has 0 bridgehead atoms. The third-order valence-corrected chi connectivity index (χ3v) is 2.91. The molecule has 1 amide bonds. The number of anilines is 1. The van der Waals surface area contributed by atoms with Gasteiger partial charge in [-0.3, -0.25) is 14.9 Å². The molecule has 0 unspecified atom stereocenters. The molecule has 0 saturated heterocycles. The molecule has 3 N–H and O–H groups in total. The van der Waals surface area contributed by atoms with Crippen LogP contribution in [-0.2, 0) is 0 Å². The number of benzene rings is 1. The Balaban J connectivity index is 1.94. The number of nitrogens with one attached hydrogen (secondary N) is 3. The predicted molar refractivity (Wildman–Crippen MR) is 75.5 cm³/mol. The average Bonchev–Trinajstić information content (AvgIpc) is 2.95. The lowest BCUT2D eigenvalue weighted by atomic mass is 10.1. The number of aromatic amines is 2.